The van der Waals surface area contributed by atoms with E-state index in [2.05, 4.69) is 285 Å². The Morgan fingerprint density at radius 1 is 0.247 bits per heavy atom. The molecule has 0 unspecified atom stereocenters. The van der Waals surface area contributed by atoms with Crippen LogP contribution < -0.4 is 9.80 Å². The molecule has 5 aliphatic rings. The first-order valence-electron chi connectivity index (χ1n) is 33.2. The van der Waals surface area contributed by atoms with Crippen LogP contribution in [0.3, 0.4) is 0 Å². The number of anilines is 6. The van der Waals surface area contributed by atoms with E-state index in [9.17, 15) is 0 Å². The molecule has 0 aromatic heterocycles. The molecule has 2 heteroatoms. The molecule has 0 amide bonds. The zero-order valence-electron chi connectivity index (χ0n) is 54.1. The van der Waals surface area contributed by atoms with Crippen molar-refractivity contribution in [2.24, 2.45) is 0 Å². The van der Waals surface area contributed by atoms with Crippen molar-refractivity contribution in [3.63, 3.8) is 0 Å². The number of benzene rings is 10. The third-order valence-corrected chi connectivity index (χ3v) is 21.2. The van der Waals surface area contributed by atoms with Gasteiger partial charge in [0.2, 0.25) is 0 Å². The summed E-state index contributed by atoms with van der Waals surface area (Å²) >= 11 is 0. The predicted molar refractivity (Wildman–Crippen MR) is 381 cm³/mol. The first-order valence-corrected chi connectivity index (χ1v) is 33.2. The van der Waals surface area contributed by atoms with Crippen molar-refractivity contribution >= 4 is 58.4 Å². The summed E-state index contributed by atoms with van der Waals surface area (Å²) in [5, 5.41) is 0. The van der Waals surface area contributed by atoms with Crippen LogP contribution >= 0.6 is 0 Å². The smallest absolute Gasteiger partial charge is 0.0466 e. The summed E-state index contributed by atoms with van der Waals surface area (Å²) in [4.78, 5) is 5.01. The zero-order valence-corrected chi connectivity index (χ0v) is 54.1. The minimum atomic E-state index is -0.146. The third-order valence-electron chi connectivity index (χ3n) is 21.2. The topological polar surface area (TPSA) is 6.48 Å². The van der Waals surface area contributed by atoms with E-state index in [0.717, 1.165) is 0 Å². The van der Waals surface area contributed by atoms with Gasteiger partial charge < -0.3 is 9.80 Å². The van der Waals surface area contributed by atoms with Gasteiger partial charge in [-0.15, -0.1) is 0 Å². The standard InChI is InChI=1S/C87H84N2/c1-55-37-56(2)42-69(41-55)88(70-43-57(3)38-58(4)44-70)67-25-31-77-75-29-23-65(51-81(75)86(83(77)53-67)33-13-11-14-34-86)19-17-63-21-27-73-74-28-22-64(50-80(74)85(9,10)79(73)49-63)18-20-66-24-30-76-78-32-26-68(54-84(78)87(82(76)52-66)35-15-12-16-36-87)89(71-45-59(5)39-60(6)46-71)72-47-61(7)40-62(8)48-72/h17-32,37-54H,11-16,33-36H2,1-10H3. The molecule has 0 N–H and O–H groups in total. The number of nitrogens with zero attached hydrogens (tertiary/aromatic N) is 2. The normalized spacial score (nSPS) is 16.2. The molecule has 2 nitrogen and oxygen atoms in total. The zero-order chi connectivity index (χ0) is 61.1. The molecule has 0 heterocycles. The van der Waals surface area contributed by atoms with Crippen molar-refractivity contribution in [3.8, 4) is 33.4 Å². The molecule has 0 bridgehead atoms. The van der Waals surface area contributed by atoms with Crippen LogP contribution in [0.5, 0.6) is 0 Å². The quantitative estimate of drug-likeness (QED) is 0.126. The monoisotopic (exact) mass is 1160 g/mol. The van der Waals surface area contributed by atoms with E-state index in [0.29, 0.717) is 0 Å². The highest BCUT2D eigenvalue weighted by molar-refractivity contribution is 5.91. The second kappa shape index (κ2) is 21.8. The van der Waals surface area contributed by atoms with Crippen LogP contribution in [0.25, 0.3) is 57.7 Å². The summed E-state index contributed by atoms with van der Waals surface area (Å²) in [5.41, 5.74) is 39.7. The Hall–Kier alpha value is -8.72. The van der Waals surface area contributed by atoms with E-state index < -0.39 is 0 Å². The number of hydrogen-bond donors (Lipinski definition) is 0. The van der Waals surface area contributed by atoms with E-state index in [1.54, 1.807) is 0 Å². The highest BCUT2D eigenvalue weighted by atomic mass is 15.1. The van der Waals surface area contributed by atoms with Gasteiger partial charge in [0.15, 0.2) is 0 Å². The molecule has 0 atom stereocenters. The molecule has 442 valence electrons. The van der Waals surface area contributed by atoms with Gasteiger partial charge in [-0.1, -0.05) is 186 Å². The average molecular weight is 1160 g/mol. The lowest BCUT2D eigenvalue weighted by Crippen LogP contribution is -2.28. The van der Waals surface area contributed by atoms with Crippen LogP contribution in [0.2, 0.25) is 0 Å². The van der Waals surface area contributed by atoms with Crippen molar-refractivity contribution in [1.29, 1.82) is 0 Å². The maximum atomic E-state index is 2.57. The molecule has 89 heavy (non-hydrogen) atoms. The van der Waals surface area contributed by atoms with Crippen molar-refractivity contribution in [3.05, 3.63) is 282 Å². The van der Waals surface area contributed by atoms with Gasteiger partial charge in [0.05, 0.1) is 0 Å². The Morgan fingerprint density at radius 2 is 0.483 bits per heavy atom. The van der Waals surface area contributed by atoms with Crippen molar-refractivity contribution in [2.45, 2.75) is 150 Å². The minimum absolute atomic E-state index is 0.000645. The molecule has 5 aliphatic carbocycles. The highest BCUT2D eigenvalue weighted by Gasteiger charge is 2.46. The molecule has 15 rings (SSSR count). The molecule has 10 aromatic carbocycles. The lowest BCUT2D eigenvalue weighted by molar-refractivity contribution is 0.353. The Morgan fingerprint density at radius 3 is 0.764 bits per heavy atom. The largest absolute Gasteiger partial charge is 0.310 e. The van der Waals surface area contributed by atoms with Gasteiger partial charge in [-0.3, -0.25) is 0 Å². The van der Waals surface area contributed by atoms with Gasteiger partial charge >= 0.3 is 0 Å². The summed E-state index contributed by atoms with van der Waals surface area (Å²) in [6.45, 7) is 22.6. The Bertz CT molecular complexity index is 4110. The van der Waals surface area contributed by atoms with E-state index in [1.807, 2.05) is 0 Å². The lowest BCUT2D eigenvalue weighted by atomic mass is 9.67. The maximum Gasteiger partial charge on any atom is 0.0466 e. The summed E-state index contributed by atoms with van der Waals surface area (Å²) < 4.78 is 0. The summed E-state index contributed by atoms with van der Waals surface area (Å²) in [6, 6.07) is 71.7. The predicted octanol–water partition coefficient (Wildman–Crippen LogP) is 24.2. The van der Waals surface area contributed by atoms with Gasteiger partial charge in [-0.25, -0.2) is 0 Å². The summed E-state index contributed by atoms with van der Waals surface area (Å²) in [5.74, 6) is 0. The fraction of sp³-hybridized carbons (Fsp3) is 0.264. The van der Waals surface area contributed by atoms with Crippen molar-refractivity contribution < 1.29 is 0 Å². The molecule has 0 radical (unpaired) electrons. The van der Waals surface area contributed by atoms with Crippen molar-refractivity contribution in [2.75, 3.05) is 9.80 Å². The van der Waals surface area contributed by atoms with Crippen molar-refractivity contribution in [1.82, 2.24) is 0 Å². The van der Waals surface area contributed by atoms with Gasteiger partial charge in [-0.2, -0.15) is 0 Å². The molecule has 2 spiro atoms. The molecule has 2 saturated carbocycles. The second-order valence-corrected chi connectivity index (χ2v) is 28.3. The SMILES string of the molecule is Cc1cc(C)cc(N(c2cc(C)cc(C)c2)c2ccc3c(c2)C2(CCCCC2)c2cc(C=Cc4ccc5c(c4)C(C)(C)c4cc(C=Cc6ccc7c(c6)C6(CCCCC6)c6cc(N(c8cc(C)cc(C)c8)c8cc(C)cc(C)c8)ccc6-7)ccc4-5)ccc2-3)c1. The number of fused-ring (bicyclic) bond motifs is 13. The fourth-order valence-corrected chi connectivity index (χ4v) is 17.5. The van der Waals surface area contributed by atoms with Crippen LogP contribution in [-0.4, -0.2) is 0 Å². The first kappa shape index (κ1) is 56.8. The highest BCUT2D eigenvalue weighted by Crippen LogP contribution is 2.60. The Labute approximate surface area is 530 Å². The van der Waals surface area contributed by atoms with Crippen LogP contribution in [0.15, 0.2) is 182 Å². The van der Waals surface area contributed by atoms with E-state index >= 15 is 0 Å². The van der Waals surface area contributed by atoms with Gasteiger partial charge in [0, 0.05) is 50.4 Å². The van der Waals surface area contributed by atoms with Crippen LogP contribution in [-0.2, 0) is 16.2 Å². The summed E-state index contributed by atoms with van der Waals surface area (Å²) in [7, 11) is 0. The Kier molecular flexibility index (Phi) is 13.9. The Balaban J connectivity index is 0.698. The van der Waals surface area contributed by atoms with Gasteiger partial charge in [0.1, 0.15) is 0 Å². The molecule has 0 aliphatic heterocycles. The molecule has 2 fully saturated rings. The molecular formula is C87H84N2. The van der Waals surface area contributed by atoms with Gasteiger partial charge in [0.25, 0.3) is 0 Å². The second-order valence-electron chi connectivity index (χ2n) is 28.3. The first-order chi connectivity index (χ1) is 43.0. The molecule has 10 aromatic rings. The average Bonchev–Trinajstić information content (AvgIpc) is 1.59. The van der Waals surface area contributed by atoms with Crippen LogP contribution in [0.1, 0.15) is 178 Å². The summed E-state index contributed by atoms with van der Waals surface area (Å²) in [6.07, 6.45) is 21.8. The number of aryl methyl sites for hydroxylation is 8. The number of hydrogen-bond acceptors (Lipinski definition) is 2. The van der Waals surface area contributed by atoms with Crippen LogP contribution in [0.4, 0.5) is 34.1 Å². The molecule has 0 saturated heterocycles. The van der Waals surface area contributed by atoms with E-state index in [-0.39, 0.29) is 16.2 Å². The van der Waals surface area contributed by atoms with Gasteiger partial charge in [-0.05, 0) is 287 Å². The molecular weight excluding hydrogens is 1070 g/mol. The fourth-order valence-electron chi connectivity index (χ4n) is 17.5. The number of rotatable bonds is 10. The lowest BCUT2D eigenvalue weighted by Gasteiger charge is -2.37. The van der Waals surface area contributed by atoms with Crippen LogP contribution in [0, 0.1) is 55.4 Å². The van der Waals surface area contributed by atoms with E-state index in [1.165, 1.54) is 232 Å². The van der Waals surface area contributed by atoms with E-state index in [4.69, 9.17) is 0 Å². The minimum Gasteiger partial charge on any atom is -0.310 e. The maximum absolute atomic E-state index is 2.57. The third kappa shape index (κ3) is 9.85.